The van der Waals surface area contributed by atoms with E-state index in [2.05, 4.69) is 22.3 Å². The van der Waals surface area contributed by atoms with Crippen LogP contribution in [0.3, 0.4) is 0 Å². The molecule has 0 aromatic carbocycles. The smallest absolute Gasteiger partial charge is 0.404 e. The molecule has 3 aromatic rings. The third kappa shape index (κ3) is 4.24. The molecule has 32 heavy (non-hydrogen) atoms. The number of rotatable bonds is 6. The number of likely N-dealkylation sites (tertiary alicyclic amines) is 1. The highest BCUT2D eigenvalue weighted by atomic mass is 32.1. The van der Waals surface area contributed by atoms with Crippen LogP contribution in [0.4, 0.5) is 10.6 Å². The van der Waals surface area contributed by atoms with Crippen molar-refractivity contribution in [3.63, 3.8) is 0 Å². The summed E-state index contributed by atoms with van der Waals surface area (Å²) in [5.41, 5.74) is 6.25. The first-order valence-corrected chi connectivity index (χ1v) is 11.7. The van der Waals surface area contributed by atoms with E-state index in [0.717, 1.165) is 10.4 Å². The second-order valence-electron chi connectivity index (χ2n) is 8.37. The molecule has 11 heteroatoms. The first-order valence-electron chi connectivity index (χ1n) is 10.8. The number of thiazole rings is 1. The number of piperidine rings is 1. The van der Waals surface area contributed by atoms with Crippen molar-refractivity contribution >= 4 is 34.0 Å². The average molecular weight is 456 g/mol. The second kappa shape index (κ2) is 8.38. The molecule has 10 nitrogen and oxygen atoms in total. The molecule has 0 bridgehead atoms. The van der Waals surface area contributed by atoms with E-state index in [1.807, 2.05) is 11.6 Å². The van der Waals surface area contributed by atoms with Crippen LogP contribution in [0, 0.1) is 5.92 Å². The van der Waals surface area contributed by atoms with E-state index in [1.54, 1.807) is 33.0 Å². The molecule has 1 saturated carbocycles. The van der Waals surface area contributed by atoms with Gasteiger partial charge in [0.2, 0.25) is 0 Å². The van der Waals surface area contributed by atoms with Crippen molar-refractivity contribution in [2.24, 2.45) is 11.7 Å². The standard InChI is InChI=1S/C21H25N7O3S/c1-12(13-2-3-13)24-17-10-16(19(29)27-6-4-14(5-7-27)31-21(22)30)25-18(26-17)15-11-23-28-8-9-32-20(15)28/h8-14H,2-7H2,1H3,(H2,22,30)(H,24,25,26)/t12-/m0/s1. The van der Waals surface area contributed by atoms with Crippen LogP contribution in [0.2, 0.25) is 0 Å². The van der Waals surface area contributed by atoms with E-state index >= 15 is 0 Å². The van der Waals surface area contributed by atoms with Crippen LogP contribution < -0.4 is 11.1 Å². The highest BCUT2D eigenvalue weighted by Gasteiger charge is 2.30. The molecule has 3 aromatic heterocycles. The zero-order valence-corrected chi connectivity index (χ0v) is 18.5. The molecule has 3 N–H and O–H groups in total. The number of nitrogens with one attached hydrogen (secondary N) is 1. The summed E-state index contributed by atoms with van der Waals surface area (Å²) in [6, 6.07) is 2.00. The van der Waals surface area contributed by atoms with Crippen LogP contribution in [-0.2, 0) is 4.74 Å². The van der Waals surface area contributed by atoms with Gasteiger partial charge in [-0.05, 0) is 25.7 Å². The lowest BCUT2D eigenvalue weighted by atomic mass is 10.1. The van der Waals surface area contributed by atoms with Gasteiger partial charge in [0.15, 0.2) is 5.82 Å². The molecule has 5 rings (SSSR count). The number of aromatic nitrogens is 4. The third-order valence-electron chi connectivity index (χ3n) is 6.03. The van der Waals surface area contributed by atoms with Crippen molar-refractivity contribution in [3.8, 4) is 11.4 Å². The molecule has 1 saturated heterocycles. The number of nitrogens with two attached hydrogens (primary N) is 1. The Bertz CT molecular complexity index is 1150. The second-order valence-corrected chi connectivity index (χ2v) is 9.27. The summed E-state index contributed by atoms with van der Waals surface area (Å²) in [6.45, 7) is 3.09. The van der Waals surface area contributed by atoms with Crippen LogP contribution in [0.25, 0.3) is 16.2 Å². The molecular formula is C21H25N7O3S. The summed E-state index contributed by atoms with van der Waals surface area (Å²) in [6.07, 6.45) is 6.09. The highest BCUT2D eigenvalue weighted by Crippen LogP contribution is 2.34. The Morgan fingerprint density at radius 1 is 1.25 bits per heavy atom. The maximum absolute atomic E-state index is 13.3. The monoisotopic (exact) mass is 455 g/mol. The van der Waals surface area contributed by atoms with Crippen LogP contribution in [0.1, 0.15) is 43.1 Å². The lowest BCUT2D eigenvalue weighted by Crippen LogP contribution is -2.42. The number of carbonyl (C=O) groups is 2. The van der Waals surface area contributed by atoms with Gasteiger partial charge in [-0.25, -0.2) is 19.3 Å². The Kier molecular flexibility index (Phi) is 5.41. The molecule has 4 heterocycles. The Balaban J connectivity index is 1.42. The zero-order chi connectivity index (χ0) is 22.2. The Morgan fingerprint density at radius 3 is 2.75 bits per heavy atom. The van der Waals surface area contributed by atoms with Crippen molar-refractivity contribution in [2.45, 2.75) is 44.8 Å². The van der Waals surface area contributed by atoms with Crippen LogP contribution in [0.15, 0.2) is 23.8 Å². The number of amides is 2. The Hall–Kier alpha value is -3.21. The van der Waals surface area contributed by atoms with Crippen molar-refractivity contribution in [1.29, 1.82) is 0 Å². The van der Waals surface area contributed by atoms with E-state index in [0.29, 0.717) is 49.2 Å². The summed E-state index contributed by atoms with van der Waals surface area (Å²) in [5.74, 6) is 1.59. The average Bonchev–Trinajstić information content (AvgIpc) is 3.39. The molecule has 1 aliphatic carbocycles. The summed E-state index contributed by atoms with van der Waals surface area (Å²) in [4.78, 5) is 36.3. The quantitative estimate of drug-likeness (QED) is 0.585. The van der Waals surface area contributed by atoms with Crippen molar-refractivity contribution in [1.82, 2.24) is 24.5 Å². The fraction of sp³-hybridized carbons (Fsp3) is 0.476. The fourth-order valence-corrected chi connectivity index (χ4v) is 4.87. The van der Waals surface area contributed by atoms with Crippen molar-refractivity contribution < 1.29 is 14.3 Å². The molecule has 0 unspecified atom stereocenters. The molecule has 0 spiro atoms. The van der Waals surface area contributed by atoms with Crippen molar-refractivity contribution in [3.05, 3.63) is 29.5 Å². The molecule has 168 valence electrons. The summed E-state index contributed by atoms with van der Waals surface area (Å²) in [5, 5.41) is 9.77. The van der Waals surface area contributed by atoms with Gasteiger partial charge in [-0.1, -0.05) is 0 Å². The number of hydrogen-bond acceptors (Lipinski definition) is 8. The number of primary amides is 1. The lowest BCUT2D eigenvalue weighted by Gasteiger charge is -2.31. The number of fused-ring (bicyclic) bond motifs is 1. The normalized spacial score (nSPS) is 18.0. The maximum Gasteiger partial charge on any atom is 0.404 e. The molecule has 2 fully saturated rings. The van der Waals surface area contributed by atoms with Gasteiger partial charge in [0.25, 0.3) is 5.91 Å². The van der Waals surface area contributed by atoms with Gasteiger partial charge >= 0.3 is 6.09 Å². The summed E-state index contributed by atoms with van der Waals surface area (Å²) < 4.78 is 6.85. The number of ether oxygens (including phenoxy) is 1. The zero-order valence-electron chi connectivity index (χ0n) is 17.7. The molecular weight excluding hydrogens is 430 g/mol. The summed E-state index contributed by atoms with van der Waals surface area (Å²) in [7, 11) is 0. The molecule has 2 amide bonds. The van der Waals surface area contributed by atoms with Gasteiger partial charge in [0.05, 0.1) is 11.8 Å². The number of nitrogens with zero attached hydrogens (tertiary/aromatic N) is 5. The van der Waals surface area contributed by atoms with Gasteiger partial charge in [-0.15, -0.1) is 11.3 Å². The predicted octanol–water partition coefficient (Wildman–Crippen LogP) is 2.76. The first kappa shape index (κ1) is 20.7. The number of hydrogen-bond donors (Lipinski definition) is 2. The maximum atomic E-state index is 13.3. The third-order valence-corrected chi connectivity index (χ3v) is 6.92. The molecule has 2 aliphatic rings. The van der Waals surface area contributed by atoms with E-state index in [-0.39, 0.29) is 18.1 Å². The minimum absolute atomic E-state index is 0.164. The fourth-order valence-electron chi connectivity index (χ4n) is 4.08. The number of anilines is 1. The highest BCUT2D eigenvalue weighted by molar-refractivity contribution is 7.16. The SMILES string of the molecule is C[C@H](Nc1cc(C(=O)N2CCC(OC(N)=O)CC2)nc(-c2cnn3ccsc23)n1)C1CC1. The van der Waals surface area contributed by atoms with Gasteiger partial charge in [0.1, 0.15) is 22.4 Å². The van der Waals surface area contributed by atoms with Gasteiger partial charge in [0, 0.05) is 49.6 Å². The van der Waals surface area contributed by atoms with Crippen LogP contribution >= 0.6 is 11.3 Å². The van der Waals surface area contributed by atoms with E-state index in [9.17, 15) is 9.59 Å². The molecule has 0 radical (unpaired) electrons. The predicted molar refractivity (Wildman–Crippen MR) is 119 cm³/mol. The first-order chi connectivity index (χ1) is 15.5. The van der Waals surface area contributed by atoms with E-state index < -0.39 is 6.09 Å². The topological polar surface area (TPSA) is 128 Å². The minimum atomic E-state index is -0.781. The minimum Gasteiger partial charge on any atom is -0.446 e. The van der Waals surface area contributed by atoms with E-state index in [1.165, 1.54) is 12.8 Å². The lowest BCUT2D eigenvalue weighted by molar-refractivity contribution is 0.0451. The van der Waals surface area contributed by atoms with Crippen LogP contribution in [0.5, 0.6) is 0 Å². The van der Waals surface area contributed by atoms with Crippen LogP contribution in [-0.4, -0.2) is 61.7 Å². The van der Waals surface area contributed by atoms with Gasteiger partial charge in [-0.2, -0.15) is 5.10 Å². The van der Waals surface area contributed by atoms with E-state index in [4.69, 9.17) is 15.5 Å². The van der Waals surface area contributed by atoms with Gasteiger partial charge < -0.3 is 20.7 Å². The van der Waals surface area contributed by atoms with Gasteiger partial charge in [-0.3, -0.25) is 4.79 Å². The molecule has 1 aliphatic heterocycles. The summed E-state index contributed by atoms with van der Waals surface area (Å²) >= 11 is 1.55. The molecule has 1 atom stereocenters. The Labute approximate surface area is 188 Å². The number of carbonyl (C=O) groups excluding carboxylic acids is 2. The largest absolute Gasteiger partial charge is 0.446 e. The Morgan fingerprint density at radius 2 is 2.03 bits per heavy atom. The van der Waals surface area contributed by atoms with Crippen molar-refractivity contribution in [2.75, 3.05) is 18.4 Å².